The van der Waals surface area contributed by atoms with Crippen LogP contribution in [0, 0.1) is 13.8 Å². The van der Waals surface area contributed by atoms with Gasteiger partial charge < -0.3 is 9.64 Å². The average Bonchev–Trinajstić information content (AvgIpc) is 2.87. The molecule has 22 heavy (non-hydrogen) atoms. The Morgan fingerprint density at radius 3 is 2.68 bits per heavy atom. The summed E-state index contributed by atoms with van der Waals surface area (Å²) in [6, 6.07) is 0. The van der Waals surface area contributed by atoms with Gasteiger partial charge in [0, 0.05) is 38.3 Å². The van der Waals surface area contributed by atoms with Gasteiger partial charge in [-0.25, -0.2) is 9.97 Å². The van der Waals surface area contributed by atoms with E-state index in [1.54, 1.807) is 18.6 Å². The van der Waals surface area contributed by atoms with Crippen molar-refractivity contribution in [3.8, 4) is 5.88 Å². The van der Waals surface area contributed by atoms with Gasteiger partial charge in [-0.1, -0.05) is 0 Å². The number of aryl methyl sites for hydroxylation is 2. The van der Waals surface area contributed by atoms with Crippen LogP contribution in [0.15, 0.2) is 18.6 Å². The van der Waals surface area contributed by atoms with Gasteiger partial charge in [-0.3, -0.25) is 9.78 Å². The number of carbonyl (C=O) groups excluding carboxylic acids is 1. The van der Waals surface area contributed by atoms with E-state index in [-0.39, 0.29) is 12.0 Å². The van der Waals surface area contributed by atoms with Crippen molar-refractivity contribution in [1.82, 2.24) is 19.9 Å². The average molecular weight is 318 g/mol. The minimum atomic E-state index is 0.0843. The number of aromatic nitrogens is 3. The quantitative estimate of drug-likeness (QED) is 0.868. The summed E-state index contributed by atoms with van der Waals surface area (Å²) in [7, 11) is 0. The van der Waals surface area contributed by atoms with Gasteiger partial charge in [0.1, 0.15) is 11.0 Å². The summed E-state index contributed by atoms with van der Waals surface area (Å²) >= 11 is 1.47. The van der Waals surface area contributed by atoms with Crippen molar-refractivity contribution in [2.75, 3.05) is 13.1 Å². The van der Waals surface area contributed by atoms with E-state index < -0.39 is 0 Å². The Labute approximate surface area is 133 Å². The minimum absolute atomic E-state index is 0.0843. The molecule has 0 atom stereocenters. The van der Waals surface area contributed by atoms with Crippen LogP contribution in [0.2, 0.25) is 0 Å². The zero-order chi connectivity index (χ0) is 15.5. The van der Waals surface area contributed by atoms with E-state index in [0.29, 0.717) is 19.0 Å². The third kappa shape index (κ3) is 3.24. The molecule has 1 fully saturated rings. The van der Waals surface area contributed by atoms with Crippen LogP contribution in [0.3, 0.4) is 0 Å². The smallest absolute Gasteiger partial charge is 0.265 e. The van der Waals surface area contributed by atoms with Crippen LogP contribution in [-0.2, 0) is 0 Å². The predicted molar refractivity (Wildman–Crippen MR) is 83.2 cm³/mol. The Morgan fingerprint density at radius 2 is 2.09 bits per heavy atom. The van der Waals surface area contributed by atoms with E-state index in [2.05, 4.69) is 15.0 Å². The van der Waals surface area contributed by atoms with Crippen molar-refractivity contribution in [2.45, 2.75) is 32.8 Å². The number of ether oxygens (including phenoxy) is 1. The van der Waals surface area contributed by atoms with Crippen molar-refractivity contribution < 1.29 is 9.53 Å². The lowest BCUT2D eigenvalue weighted by molar-refractivity contribution is 0.0590. The molecule has 7 heteroatoms. The summed E-state index contributed by atoms with van der Waals surface area (Å²) < 4.78 is 5.80. The summed E-state index contributed by atoms with van der Waals surface area (Å²) in [4.78, 5) is 27.6. The van der Waals surface area contributed by atoms with E-state index in [4.69, 9.17) is 4.74 Å². The van der Waals surface area contributed by atoms with Gasteiger partial charge >= 0.3 is 0 Å². The van der Waals surface area contributed by atoms with Crippen molar-refractivity contribution in [1.29, 1.82) is 0 Å². The van der Waals surface area contributed by atoms with Crippen LogP contribution >= 0.6 is 11.3 Å². The maximum Gasteiger partial charge on any atom is 0.265 e. The van der Waals surface area contributed by atoms with E-state index in [1.807, 2.05) is 18.7 Å². The highest BCUT2D eigenvalue weighted by Crippen LogP contribution is 2.22. The molecule has 0 N–H and O–H groups in total. The molecule has 0 aromatic carbocycles. The number of thiazole rings is 1. The monoisotopic (exact) mass is 318 g/mol. The second-order valence-electron chi connectivity index (χ2n) is 5.30. The highest BCUT2D eigenvalue weighted by molar-refractivity contribution is 7.13. The van der Waals surface area contributed by atoms with E-state index in [1.165, 1.54) is 11.3 Å². The van der Waals surface area contributed by atoms with Crippen molar-refractivity contribution in [2.24, 2.45) is 0 Å². The zero-order valence-corrected chi connectivity index (χ0v) is 13.5. The molecule has 116 valence electrons. The fourth-order valence-corrected chi connectivity index (χ4v) is 3.45. The van der Waals surface area contributed by atoms with Crippen molar-refractivity contribution in [3.05, 3.63) is 34.2 Å². The molecule has 3 heterocycles. The topological polar surface area (TPSA) is 68.2 Å². The zero-order valence-electron chi connectivity index (χ0n) is 12.7. The Balaban J connectivity index is 1.57. The lowest BCUT2D eigenvalue weighted by Gasteiger charge is -2.31. The molecule has 6 nitrogen and oxygen atoms in total. The standard InChI is InChI=1S/C15H18N4O2S/c1-10-14(22-11(2)18-10)15(20)19-7-3-12(4-8-19)21-13-9-16-5-6-17-13/h5-6,9,12H,3-4,7-8H2,1-2H3. The molecule has 0 spiro atoms. The van der Waals surface area contributed by atoms with Gasteiger partial charge in [-0.05, 0) is 13.8 Å². The van der Waals surface area contributed by atoms with Gasteiger partial charge in [-0.2, -0.15) is 0 Å². The van der Waals surface area contributed by atoms with E-state index in [9.17, 15) is 4.79 Å². The lowest BCUT2D eigenvalue weighted by atomic mass is 10.1. The predicted octanol–water partition coefficient (Wildman–Crippen LogP) is 2.23. The van der Waals surface area contributed by atoms with Crippen LogP contribution in [-0.4, -0.2) is 45.0 Å². The number of amides is 1. The number of hydrogen-bond donors (Lipinski definition) is 0. The van der Waals surface area contributed by atoms with Gasteiger partial charge in [-0.15, -0.1) is 11.3 Å². The third-order valence-electron chi connectivity index (χ3n) is 3.65. The van der Waals surface area contributed by atoms with Gasteiger partial charge in [0.05, 0.1) is 16.9 Å². The maximum absolute atomic E-state index is 12.5. The normalized spacial score (nSPS) is 15.8. The van der Waals surface area contributed by atoms with Gasteiger partial charge in [0.15, 0.2) is 0 Å². The Kier molecular flexibility index (Phi) is 4.33. The number of rotatable bonds is 3. The highest BCUT2D eigenvalue weighted by Gasteiger charge is 2.27. The van der Waals surface area contributed by atoms with Gasteiger partial charge in [0.25, 0.3) is 5.91 Å². The van der Waals surface area contributed by atoms with Gasteiger partial charge in [0.2, 0.25) is 5.88 Å². The molecule has 0 saturated carbocycles. The molecule has 2 aromatic rings. The third-order valence-corrected chi connectivity index (χ3v) is 4.71. The molecule has 0 bridgehead atoms. The SMILES string of the molecule is Cc1nc(C)c(C(=O)N2CCC(Oc3cnccn3)CC2)s1. The molecule has 0 unspecified atom stereocenters. The molecular weight excluding hydrogens is 300 g/mol. The van der Waals surface area contributed by atoms with Crippen LogP contribution in [0.25, 0.3) is 0 Å². The number of piperidine rings is 1. The molecule has 1 saturated heterocycles. The number of likely N-dealkylation sites (tertiary alicyclic amines) is 1. The summed E-state index contributed by atoms with van der Waals surface area (Å²) in [5.74, 6) is 0.627. The fraction of sp³-hybridized carbons (Fsp3) is 0.467. The Bertz CT molecular complexity index is 651. The number of nitrogens with zero attached hydrogens (tertiary/aromatic N) is 4. The minimum Gasteiger partial charge on any atom is -0.473 e. The van der Waals surface area contributed by atoms with Crippen molar-refractivity contribution >= 4 is 17.2 Å². The molecule has 1 aliphatic rings. The Hall–Kier alpha value is -2.02. The highest BCUT2D eigenvalue weighted by atomic mass is 32.1. The van der Waals surface area contributed by atoms with Crippen molar-refractivity contribution in [3.63, 3.8) is 0 Å². The number of hydrogen-bond acceptors (Lipinski definition) is 6. The number of carbonyl (C=O) groups is 1. The summed E-state index contributed by atoms with van der Waals surface area (Å²) in [6.07, 6.45) is 6.54. The molecule has 0 aliphatic carbocycles. The first-order chi connectivity index (χ1) is 10.6. The molecule has 3 rings (SSSR count). The molecular formula is C15H18N4O2S. The largest absolute Gasteiger partial charge is 0.473 e. The van der Waals surface area contributed by atoms with E-state index >= 15 is 0 Å². The summed E-state index contributed by atoms with van der Waals surface area (Å²) in [6.45, 7) is 5.20. The van der Waals surface area contributed by atoms with Crippen LogP contribution < -0.4 is 4.74 Å². The fourth-order valence-electron chi connectivity index (χ4n) is 2.57. The van der Waals surface area contributed by atoms with Crippen LogP contribution in [0.1, 0.15) is 33.2 Å². The molecule has 1 aliphatic heterocycles. The molecule has 1 amide bonds. The second-order valence-corrected chi connectivity index (χ2v) is 6.50. The second kappa shape index (κ2) is 6.39. The first kappa shape index (κ1) is 14.9. The maximum atomic E-state index is 12.5. The van der Waals surface area contributed by atoms with Crippen LogP contribution in [0.4, 0.5) is 0 Å². The first-order valence-corrected chi connectivity index (χ1v) is 8.11. The summed E-state index contributed by atoms with van der Waals surface area (Å²) in [5.41, 5.74) is 0.824. The molecule has 0 radical (unpaired) electrons. The summed E-state index contributed by atoms with van der Waals surface area (Å²) in [5, 5.41) is 0.932. The lowest BCUT2D eigenvalue weighted by Crippen LogP contribution is -2.41. The van der Waals surface area contributed by atoms with E-state index in [0.717, 1.165) is 28.4 Å². The van der Waals surface area contributed by atoms with Crippen LogP contribution in [0.5, 0.6) is 5.88 Å². The molecule has 2 aromatic heterocycles. The first-order valence-electron chi connectivity index (χ1n) is 7.29. The Morgan fingerprint density at radius 1 is 1.32 bits per heavy atom.